The van der Waals surface area contributed by atoms with Crippen molar-refractivity contribution in [3.05, 3.63) is 23.8 Å². The third-order valence-electron chi connectivity index (χ3n) is 3.96. The van der Waals surface area contributed by atoms with Crippen molar-refractivity contribution in [2.45, 2.75) is 37.1 Å². The largest absolute Gasteiger partial charge is 0.462 e. The number of sulfone groups is 1. The van der Waals surface area contributed by atoms with E-state index in [1.54, 1.807) is 6.92 Å². The Balaban J connectivity index is 2.29. The van der Waals surface area contributed by atoms with Gasteiger partial charge in [-0.2, -0.15) is 0 Å². The molecule has 0 saturated heterocycles. The van der Waals surface area contributed by atoms with Gasteiger partial charge in [0.15, 0.2) is 9.84 Å². The van der Waals surface area contributed by atoms with E-state index >= 15 is 0 Å². The summed E-state index contributed by atoms with van der Waals surface area (Å²) in [6.45, 7) is 1.83. The third kappa shape index (κ3) is 4.55. The molecule has 0 heterocycles. The van der Waals surface area contributed by atoms with Gasteiger partial charge in [-0.25, -0.2) is 13.2 Å². The molecule has 7 nitrogen and oxygen atoms in total. The monoisotopic (exact) mass is 354 g/mol. The molecule has 8 heteroatoms. The van der Waals surface area contributed by atoms with Gasteiger partial charge in [0.05, 0.1) is 17.1 Å². The first-order valence-corrected chi connectivity index (χ1v) is 9.68. The number of carbonyl (C=O) groups excluding carboxylic acids is 2. The first-order chi connectivity index (χ1) is 11.2. The predicted molar refractivity (Wildman–Crippen MR) is 89.5 cm³/mol. The molecule has 1 aromatic rings. The zero-order valence-electron chi connectivity index (χ0n) is 13.7. The fourth-order valence-electron chi connectivity index (χ4n) is 2.72. The van der Waals surface area contributed by atoms with E-state index < -0.39 is 15.8 Å². The Labute approximate surface area is 141 Å². The van der Waals surface area contributed by atoms with E-state index in [4.69, 9.17) is 10.5 Å². The molecular weight excluding hydrogens is 332 g/mol. The van der Waals surface area contributed by atoms with Crippen LogP contribution in [0.2, 0.25) is 0 Å². The number of nitrogens with one attached hydrogen (secondary N) is 1. The summed E-state index contributed by atoms with van der Waals surface area (Å²) in [5.74, 6) is -1.06. The van der Waals surface area contributed by atoms with Gasteiger partial charge in [-0.05, 0) is 44.4 Å². The highest BCUT2D eigenvalue weighted by atomic mass is 32.2. The average molecular weight is 354 g/mol. The summed E-state index contributed by atoms with van der Waals surface area (Å²) in [4.78, 5) is 24.2. The normalized spacial score (nSPS) is 20.6. The molecular formula is C16H22N2O5S. The topological polar surface area (TPSA) is 116 Å². The summed E-state index contributed by atoms with van der Waals surface area (Å²) in [5.41, 5.74) is 6.15. The fourth-order valence-corrected chi connectivity index (χ4v) is 3.40. The molecule has 0 aromatic heterocycles. The predicted octanol–water partition coefficient (Wildman–Crippen LogP) is 1.33. The van der Waals surface area contributed by atoms with E-state index in [2.05, 4.69) is 5.32 Å². The van der Waals surface area contributed by atoms with Crippen molar-refractivity contribution in [3.63, 3.8) is 0 Å². The van der Waals surface area contributed by atoms with E-state index in [-0.39, 0.29) is 40.6 Å². The zero-order chi connectivity index (χ0) is 17.9. The van der Waals surface area contributed by atoms with Crippen LogP contribution in [0, 0.1) is 5.92 Å². The molecule has 0 spiro atoms. The van der Waals surface area contributed by atoms with Gasteiger partial charge < -0.3 is 15.8 Å². The zero-order valence-corrected chi connectivity index (χ0v) is 14.6. The Hall–Kier alpha value is -1.93. The quantitative estimate of drug-likeness (QED) is 0.771. The van der Waals surface area contributed by atoms with Gasteiger partial charge in [-0.15, -0.1) is 0 Å². The summed E-state index contributed by atoms with van der Waals surface area (Å²) in [6, 6.07) is 4.01. The second-order valence-corrected chi connectivity index (χ2v) is 8.01. The number of esters is 1. The molecule has 3 N–H and O–H groups in total. The minimum atomic E-state index is -3.54. The number of rotatable bonds is 5. The molecule has 1 aromatic carbocycles. The van der Waals surface area contributed by atoms with Crippen LogP contribution in [0.4, 0.5) is 5.69 Å². The van der Waals surface area contributed by atoms with Crippen LogP contribution in [-0.2, 0) is 19.4 Å². The highest BCUT2D eigenvalue weighted by molar-refractivity contribution is 7.90. The Kier molecular flexibility index (Phi) is 5.61. The second-order valence-electron chi connectivity index (χ2n) is 6.00. The van der Waals surface area contributed by atoms with Gasteiger partial charge in [0.1, 0.15) is 0 Å². The molecule has 0 bridgehead atoms. The highest BCUT2D eigenvalue weighted by Crippen LogP contribution is 2.26. The van der Waals surface area contributed by atoms with E-state index in [0.29, 0.717) is 12.8 Å². The molecule has 2 rings (SSSR count). The average Bonchev–Trinajstić information content (AvgIpc) is 2.93. The van der Waals surface area contributed by atoms with Crippen molar-refractivity contribution >= 4 is 27.4 Å². The van der Waals surface area contributed by atoms with Crippen molar-refractivity contribution in [2.75, 3.05) is 18.2 Å². The Bertz CT molecular complexity index is 745. The lowest BCUT2D eigenvalue weighted by Gasteiger charge is -2.13. The van der Waals surface area contributed by atoms with E-state index in [1.165, 1.54) is 18.2 Å². The number of hydrogen-bond acceptors (Lipinski definition) is 6. The molecule has 1 fully saturated rings. The number of carbonyl (C=O) groups is 2. The van der Waals surface area contributed by atoms with Crippen molar-refractivity contribution in [2.24, 2.45) is 11.7 Å². The van der Waals surface area contributed by atoms with Crippen molar-refractivity contribution in [1.29, 1.82) is 0 Å². The van der Waals surface area contributed by atoms with Crippen LogP contribution in [0.5, 0.6) is 0 Å². The van der Waals surface area contributed by atoms with Crippen LogP contribution < -0.4 is 11.1 Å². The van der Waals surface area contributed by atoms with E-state index in [1.807, 2.05) is 0 Å². The maximum absolute atomic E-state index is 12.3. The first kappa shape index (κ1) is 18.4. The van der Waals surface area contributed by atoms with Gasteiger partial charge in [-0.1, -0.05) is 0 Å². The van der Waals surface area contributed by atoms with E-state index in [0.717, 1.165) is 12.7 Å². The molecule has 0 aliphatic heterocycles. The summed E-state index contributed by atoms with van der Waals surface area (Å²) in [5, 5.41) is 2.69. The summed E-state index contributed by atoms with van der Waals surface area (Å²) in [6.07, 6.45) is 3.13. The van der Waals surface area contributed by atoms with Crippen LogP contribution in [0.25, 0.3) is 0 Å². The molecule has 2 unspecified atom stereocenters. The third-order valence-corrected chi connectivity index (χ3v) is 5.05. The Morgan fingerprint density at radius 2 is 2.00 bits per heavy atom. The van der Waals surface area contributed by atoms with Gasteiger partial charge in [0.2, 0.25) is 5.91 Å². The van der Waals surface area contributed by atoms with Crippen LogP contribution in [0.3, 0.4) is 0 Å². The van der Waals surface area contributed by atoms with Crippen molar-refractivity contribution < 1.29 is 22.7 Å². The minimum Gasteiger partial charge on any atom is -0.462 e. The number of anilines is 1. The summed E-state index contributed by atoms with van der Waals surface area (Å²) < 4.78 is 28.5. The number of ether oxygens (including phenoxy) is 1. The standard InChI is InChI=1S/C16H22N2O5S/c1-3-23-16(20)11-7-13(9-14(8-11)24(2,21)22)18-15(19)10-4-5-12(17)6-10/h7-10,12H,3-6,17H2,1-2H3,(H,18,19). The fraction of sp³-hybridized carbons (Fsp3) is 0.500. The van der Waals surface area contributed by atoms with Crippen LogP contribution >= 0.6 is 0 Å². The second kappa shape index (κ2) is 7.31. The highest BCUT2D eigenvalue weighted by Gasteiger charge is 2.28. The molecule has 24 heavy (non-hydrogen) atoms. The van der Waals surface area contributed by atoms with Gasteiger partial charge in [0.25, 0.3) is 0 Å². The van der Waals surface area contributed by atoms with Crippen molar-refractivity contribution in [1.82, 2.24) is 0 Å². The maximum Gasteiger partial charge on any atom is 0.338 e. The number of amides is 1. The smallest absolute Gasteiger partial charge is 0.338 e. The van der Waals surface area contributed by atoms with Gasteiger partial charge >= 0.3 is 5.97 Å². The van der Waals surface area contributed by atoms with Crippen LogP contribution in [-0.4, -0.2) is 39.2 Å². The SMILES string of the molecule is CCOC(=O)c1cc(NC(=O)C2CCC(N)C2)cc(S(C)(=O)=O)c1. The number of nitrogens with two attached hydrogens (primary N) is 1. The lowest BCUT2D eigenvalue weighted by Crippen LogP contribution is -2.23. The first-order valence-electron chi connectivity index (χ1n) is 7.79. The molecule has 1 saturated carbocycles. The van der Waals surface area contributed by atoms with Crippen molar-refractivity contribution in [3.8, 4) is 0 Å². The van der Waals surface area contributed by atoms with E-state index in [9.17, 15) is 18.0 Å². The molecule has 2 atom stereocenters. The Morgan fingerprint density at radius 1 is 1.29 bits per heavy atom. The summed E-state index contributed by atoms with van der Waals surface area (Å²) >= 11 is 0. The number of benzene rings is 1. The Morgan fingerprint density at radius 3 is 2.54 bits per heavy atom. The van der Waals surface area contributed by atoms with Gasteiger partial charge in [-0.3, -0.25) is 4.79 Å². The van der Waals surface area contributed by atoms with Crippen LogP contribution in [0.15, 0.2) is 23.1 Å². The molecule has 1 amide bonds. The number of hydrogen-bond donors (Lipinski definition) is 2. The molecule has 0 radical (unpaired) electrons. The summed E-state index contributed by atoms with van der Waals surface area (Å²) in [7, 11) is -3.54. The molecule has 132 valence electrons. The van der Waals surface area contributed by atoms with Crippen LogP contribution in [0.1, 0.15) is 36.5 Å². The lowest BCUT2D eigenvalue weighted by atomic mass is 10.1. The maximum atomic E-state index is 12.3. The van der Waals surface area contributed by atoms with Gasteiger partial charge in [0, 0.05) is 23.9 Å². The lowest BCUT2D eigenvalue weighted by molar-refractivity contribution is -0.119. The molecule has 1 aliphatic rings. The molecule has 1 aliphatic carbocycles. The minimum absolute atomic E-state index is 0.0122.